The number of rotatable bonds is 6. The summed E-state index contributed by atoms with van der Waals surface area (Å²) < 4.78 is 5.39. The van der Waals surface area contributed by atoms with Crippen molar-refractivity contribution in [1.29, 1.82) is 0 Å². The highest BCUT2D eigenvalue weighted by atomic mass is 16.5. The molecular formula is C19H34N2O2. The summed E-state index contributed by atoms with van der Waals surface area (Å²) in [6.07, 6.45) is 8.70. The van der Waals surface area contributed by atoms with Gasteiger partial charge < -0.3 is 14.7 Å². The second-order valence-corrected chi connectivity index (χ2v) is 9.18. The molecule has 0 aromatic carbocycles. The van der Waals surface area contributed by atoms with Crippen LogP contribution in [0.5, 0.6) is 0 Å². The quantitative estimate of drug-likeness (QED) is 0.809. The summed E-state index contributed by atoms with van der Waals surface area (Å²) in [5.74, 6) is 3.06. The molecule has 5 aliphatic rings. The highest BCUT2D eigenvalue weighted by Gasteiger charge is 2.51. The van der Waals surface area contributed by atoms with Gasteiger partial charge in [-0.1, -0.05) is 0 Å². The van der Waals surface area contributed by atoms with E-state index in [0.29, 0.717) is 5.41 Å². The summed E-state index contributed by atoms with van der Waals surface area (Å²) in [6, 6.07) is 0. The average Bonchev–Trinajstić information content (AvgIpc) is 2.45. The van der Waals surface area contributed by atoms with E-state index >= 15 is 0 Å². The van der Waals surface area contributed by atoms with Crippen LogP contribution >= 0.6 is 0 Å². The fraction of sp³-hybridized carbons (Fsp3) is 1.00. The molecule has 0 aromatic heterocycles. The minimum absolute atomic E-state index is 0.230. The van der Waals surface area contributed by atoms with Gasteiger partial charge in [0.25, 0.3) is 0 Å². The van der Waals surface area contributed by atoms with Gasteiger partial charge in [-0.2, -0.15) is 0 Å². The van der Waals surface area contributed by atoms with Gasteiger partial charge in [0.05, 0.1) is 19.3 Å². The van der Waals surface area contributed by atoms with Crippen molar-refractivity contribution >= 4 is 0 Å². The minimum Gasteiger partial charge on any atom is -0.390 e. The lowest BCUT2D eigenvalue weighted by Crippen LogP contribution is -2.52. The van der Waals surface area contributed by atoms with E-state index in [0.717, 1.165) is 57.1 Å². The van der Waals surface area contributed by atoms with Gasteiger partial charge >= 0.3 is 0 Å². The lowest BCUT2D eigenvalue weighted by atomic mass is 9.49. The molecule has 1 unspecified atom stereocenters. The SMILES string of the molecule is CN(CC(O)CN1CCOCC1)CC12CC3CC(CC(C3)C1)C2. The van der Waals surface area contributed by atoms with Gasteiger partial charge in [0, 0.05) is 32.7 Å². The first-order chi connectivity index (χ1) is 11.1. The molecule has 4 bridgehead atoms. The summed E-state index contributed by atoms with van der Waals surface area (Å²) in [4.78, 5) is 4.77. The molecule has 0 aromatic rings. The van der Waals surface area contributed by atoms with Crippen LogP contribution in [0, 0.1) is 23.2 Å². The summed E-state index contributed by atoms with van der Waals surface area (Å²) in [6.45, 7) is 6.39. The molecule has 0 radical (unpaired) electrons. The highest BCUT2D eigenvalue weighted by molar-refractivity contribution is 5.02. The first-order valence-electron chi connectivity index (χ1n) is 9.77. The van der Waals surface area contributed by atoms with Crippen molar-refractivity contribution in [3.63, 3.8) is 0 Å². The topological polar surface area (TPSA) is 35.9 Å². The zero-order chi connectivity index (χ0) is 15.9. The maximum atomic E-state index is 10.5. The zero-order valence-electron chi connectivity index (χ0n) is 14.8. The number of morpholine rings is 1. The molecule has 1 aliphatic heterocycles. The lowest BCUT2D eigenvalue weighted by Gasteiger charge is -2.57. The van der Waals surface area contributed by atoms with Gasteiger partial charge in [0.15, 0.2) is 0 Å². The largest absolute Gasteiger partial charge is 0.390 e. The normalized spacial score (nSPS) is 41.6. The van der Waals surface area contributed by atoms with E-state index in [1.54, 1.807) is 0 Å². The molecule has 1 heterocycles. The highest BCUT2D eigenvalue weighted by Crippen LogP contribution is 2.60. The monoisotopic (exact) mass is 322 g/mol. The second kappa shape index (κ2) is 6.62. The van der Waals surface area contributed by atoms with Crippen LogP contribution in [0.3, 0.4) is 0 Å². The Hall–Kier alpha value is -0.160. The molecule has 132 valence electrons. The Morgan fingerprint density at radius 3 is 2.22 bits per heavy atom. The number of likely N-dealkylation sites (N-methyl/N-ethyl adjacent to an activating group) is 1. The Labute approximate surface area is 141 Å². The molecule has 4 heteroatoms. The summed E-state index contributed by atoms with van der Waals surface area (Å²) >= 11 is 0. The fourth-order valence-corrected chi connectivity index (χ4v) is 6.62. The Morgan fingerprint density at radius 2 is 1.65 bits per heavy atom. The molecular weight excluding hydrogens is 288 g/mol. The number of aliphatic hydroxyl groups is 1. The Morgan fingerprint density at radius 1 is 1.09 bits per heavy atom. The smallest absolute Gasteiger partial charge is 0.0793 e. The summed E-state index contributed by atoms with van der Waals surface area (Å²) in [7, 11) is 2.22. The van der Waals surface area contributed by atoms with Crippen molar-refractivity contribution < 1.29 is 9.84 Å². The van der Waals surface area contributed by atoms with Gasteiger partial charge in [0.2, 0.25) is 0 Å². The number of hydrogen-bond donors (Lipinski definition) is 1. The standard InChI is InChI=1S/C19H34N2O2/c1-20(12-18(22)13-21-2-4-23-5-3-21)14-19-9-15-6-16(10-19)8-17(7-15)11-19/h15-18,22H,2-14H2,1H3. The number of aliphatic hydroxyl groups excluding tert-OH is 1. The van der Waals surface area contributed by atoms with Crippen molar-refractivity contribution in [3.05, 3.63) is 0 Å². The second-order valence-electron chi connectivity index (χ2n) is 9.18. The minimum atomic E-state index is -0.230. The van der Waals surface area contributed by atoms with Gasteiger partial charge in [-0.05, 0) is 68.7 Å². The van der Waals surface area contributed by atoms with Crippen molar-refractivity contribution in [3.8, 4) is 0 Å². The maximum absolute atomic E-state index is 10.5. The molecule has 4 aliphatic carbocycles. The van der Waals surface area contributed by atoms with Gasteiger partial charge in [-0.25, -0.2) is 0 Å². The van der Waals surface area contributed by atoms with Crippen molar-refractivity contribution in [2.75, 3.05) is 53.0 Å². The van der Waals surface area contributed by atoms with Crippen LogP contribution in [-0.4, -0.2) is 74.0 Å². The predicted octanol–water partition coefficient (Wildman–Crippen LogP) is 1.83. The average molecular weight is 322 g/mol. The van der Waals surface area contributed by atoms with Crippen molar-refractivity contribution in [2.24, 2.45) is 23.2 Å². The van der Waals surface area contributed by atoms with Gasteiger partial charge in [-0.15, -0.1) is 0 Å². The zero-order valence-corrected chi connectivity index (χ0v) is 14.8. The number of β-amino-alcohol motifs (C(OH)–C–C–N with tert-alkyl or cyclic N) is 1. The third kappa shape index (κ3) is 3.76. The van der Waals surface area contributed by atoms with E-state index in [1.807, 2.05) is 0 Å². The maximum Gasteiger partial charge on any atom is 0.0793 e. The van der Waals surface area contributed by atoms with Crippen LogP contribution in [0.2, 0.25) is 0 Å². The van der Waals surface area contributed by atoms with Gasteiger partial charge in [-0.3, -0.25) is 4.90 Å². The molecule has 5 fully saturated rings. The van der Waals surface area contributed by atoms with Crippen LogP contribution in [0.25, 0.3) is 0 Å². The molecule has 1 atom stereocenters. The van der Waals surface area contributed by atoms with Crippen LogP contribution in [0.15, 0.2) is 0 Å². The number of nitrogens with zero attached hydrogens (tertiary/aromatic N) is 2. The van der Waals surface area contributed by atoms with Crippen molar-refractivity contribution in [1.82, 2.24) is 9.80 Å². The first-order valence-corrected chi connectivity index (χ1v) is 9.77. The Bertz CT molecular complexity index is 373. The van der Waals surface area contributed by atoms with Crippen molar-refractivity contribution in [2.45, 2.75) is 44.6 Å². The lowest BCUT2D eigenvalue weighted by molar-refractivity contribution is -0.0706. The van der Waals surface area contributed by atoms with E-state index in [-0.39, 0.29) is 6.10 Å². The number of hydrogen-bond acceptors (Lipinski definition) is 4. The van der Waals surface area contributed by atoms with Crippen LogP contribution in [-0.2, 0) is 4.74 Å². The first kappa shape index (κ1) is 16.3. The van der Waals surface area contributed by atoms with E-state index < -0.39 is 0 Å². The molecule has 4 saturated carbocycles. The van der Waals surface area contributed by atoms with E-state index in [2.05, 4.69) is 16.8 Å². The number of ether oxygens (including phenoxy) is 1. The van der Waals surface area contributed by atoms with E-state index in [1.165, 1.54) is 45.1 Å². The van der Waals surface area contributed by atoms with Crippen LogP contribution in [0.1, 0.15) is 38.5 Å². The Kier molecular flexibility index (Phi) is 4.70. The van der Waals surface area contributed by atoms with E-state index in [9.17, 15) is 5.11 Å². The molecule has 1 saturated heterocycles. The fourth-order valence-electron chi connectivity index (χ4n) is 6.62. The molecule has 23 heavy (non-hydrogen) atoms. The molecule has 4 nitrogen and oxygen atoms in total. The summed E-state index contributed by atoms with van der Waals surface area (Å²) in [5, 5.41) is 10.5. The van der Waals surface area contributed by atoms with Crippen LogP contribution in [0.4, 0.5) is 0 Å². The van der Waals surface area contributed by atoms with E-state index in [4.69, 9.17) is 4.74 Å². The molecule has 5 rings (SSSR count). The third-order valence-electron chi connectivity index (χ3n) is 6.87. The molecule has 1 N–H and O–H groups in total. The third-order valence-corrected chi connectivity index (χ3v) is 6.87. The Balaban J connectivity index is 1.27. The van der Waals surface area contributed by atoms with Crippen LogP contribution < -0.4 is 0 Å². The molecule has 0 spiro atoms. The van der Waals surface area contributed by atoms with Gasteiger partial charge in [0.1, 0.15) is 0 Å². The summed E-state index contributed by atoms with van der Waals surface area (Å²) in [5.41, 5.74) is 0.586. The molecule has 0 amide bonds. The predicted molar refractivity (Wildman–Crippen MR) is 91.4 cm³/mol.